The summed E-state index contributed by atoms with van der Waals surface area (Å²) in [6.07, 6.45) is 1.34. The number of nitriles is 1. The number of unbranched alkanes of at least 4 members (excludes halogenated alkanes) is 1. The van der Waals surface area contributed by atoms with E-state index in [4.69, 9.17) is 10.00 Å². The van der Waals surface area contributed by atoms with Gasteiger partial charge in [0.05, 0.1) is 24.2 Å². The van der Waals surface area contributed by atoms with Crippen LogP contribution in [0.1, 0.15) is 19.3 Å². The summed E-state index contributed by atoms with van der Waals surface area (Å²) in [5, 5.41) is 8.33. The van der Waals surface area contributed by atoms with Gasteiger partial charge in [0.1, 0.15) is 5.75 Å². The summed E-state index contributed by atoms with van der Waals surface area (Å²) in [5.41, 5.74) is 0. The minimum atomic E-state index is -3.07. The van der Waals surface area contributed by atoms with Gasteiger partial charge >= 0.3 is 0 Å². The van der Waals surface area contributed by atoms with Crippen LogP contribution in [0.2, 0.25) is 0 Å². The maximum atomic E-state index is 11.4. The van der Waals surface area contributed by atoms with Crippen molar-refractivity contribution in [2.45, 2.75) is 19.3 Å². The SMILES string of the molecule is N#CCCS(=O)(=O)CCCCOc1ccccc1. The highest BCUT2D eigenvalue weighted by atomic mass is 32.2. The molecule has 98 valence electrons. The second-order valence-electron chi connectivity index (χ2n) is 3.93. The first-order valence-corrected chi connectivity index (χ1v) is 7.71. The molecule has 0 fully saturated rings. The van der Waals surface area contributed by atoms with E-state index in [-0.39, 0.29) is 17.9 Å². The Hall–Kier alpha value is -1.54. The lowest BCUT2D eigenvalue weighted by molar-refractivity contribution is 0.309. The summed E-state index contributed by atoms with van der Waals surface area (Å²) in [6.45, 7) is 0.512. The van der Waals surface area contributed by atoms with Gasteiger partial charge in [-0.2, -0.15) is 5.26 Å². The smallest absolute Gasteiger partial charge is 0.151 e. The fourth-order valence-electron chi connectivity index (χ4n) is 1.43. The molecule has 1 aromatic carbocycles. The first-order chi connectivity index (χ1) is 8.64. The molecular formula is C13H17NO3S. The van der Waals surface area contributed by atoms with Gasteiger partial charge in [0, 0.05) is 6.42 Å². The molecule has 0 radical (unpaired) electrons. The van der Waals surface area contributed by atoms with Crippen LogP contribution in [-0.4, -0.2) is 26.5 Å². The minimum Gasteiger partial charge on any atom is -0.494 e. The molecule has 0 aliphatic rings. The summed E-state index contributed by atoms with van der Waals surface area (Å²) in [5.74, 6) is 0.889. The molecule has 0 unspecified atom stereocenters. The van der Waals surface area contributed by atoms with Gasteiger partial charge in [-0.15, -0.1) is 0 Å². The van der Waals surface area contributed by atoms with Crippen LogP contribution >= 0.6 is 0 Å². The van der Waals surface area contributed by atoms with Gasteiger partial charge in [-0.1, -0.05) is 18.2 Å². The zero-order valence-corrected chi connectivity index (χ0v) is 11.0. The highest BCUT2D eigenvalue weighted by Crippen LogP contribution is 2.09. The highest BCUT2D eigenvalue weighted by molar-refractivity contribution is 7.91. The van der Waals surface area contributed by atoms with Crippen molar-refractivity contribution in [3.05, 3.63) is 30.3 Å². The van der Waals surface area contributed by atoms with Crippen molar-refractivity contribution in [1.82, 2.24) is 0 Å². The van der Waals surface area contributed by atoms with Crippen LogP contribution in [-0.2, 0) is 9.84 Å². The van der Waals surface area contributed by atoms with E-state index in [1.807, 2.05) is 36.4 Å². The number of ether oxygens (including phenoxy) is 1. The van der Waals surface area contributed by atoms with Crippen molar-refractivity contribution in [1.29, 1.82) is 5.26 Å². The average molecular weight is 267 g/mol. The summed E-state index contributed by atoms with van der Waals surface area (Å²) in [6, 6.07) is 11.3. The van der Waals surface area contributed by atoms with Gasteiger partial charge in [-0.3, -0.25) is 0 Å². The Morgan fingerprint density at radius 3 is 2.50 bits per heavy atom. The van der Waals surface area contributed by atoms with Crippen LogP contribution in [0.5, 0.6) is 5.75 Å². The number of rotatable bonds is 8. The Morgan fingerprint density at radius 2 is 1.83 bits per heavy atom. The van der Waals surface area contributed by atoms with Crippen molar-refractivity contribution in [2.75, 3.05) is 18.1 Å². The molecule has 0 saturated carbocycles. The topological polar surface area (TPSA) is 67.2 Å². The summed E-state index contributed by atoms with van der Waals surface area (Å²) in [7, 11) is -3.07. The molecule has 1 rings (SSSR count). The van der Waals surface area contributed by atoms with Crippen molar-refractivity contribution < 1.29 is 13.2 Å². The molecule has 0 atom stereocenters. The maximum absolute atomic E-state index is 11.4. The minimum absolute atomic E-state index is 0.0386. The van der Waals surface area contributed by atoms with E-state index in [1.165, 1.54) is 0 Å². The molecule has 0 N–H and O–H groups in total. The molecule has 0 saturated heterocycles. The van der Waals surface area contributed by atoms with Gasteiger partial charge in [-0.05, 0) is 25.0 Å². The van der Waals surface area contributed by atoms with E-state index in [9.17, 15) is 8.42 Å². The molecule has 1 aromatic rings. The van der Waals surface area contributed by atoms with Crippen molar-refractivity contribution in [3.8, 4) is 11.8 Å². The second-order valence-corrected chi connectivity index (χ2v) is 6.23. The van der Waals surface area contributed by atoms with Gasteiger partial charge < -0.3 is 4.74 Å². The third-order valence-electron chi connectivity index (χ3n) is 2.39. The number of benzene rings is 1. The van der Waals surface area contributed by atoms with Gasteiger partial charge in [0.25, 0.3) is 0 Å². The van der Waals surface area contributed by atoms with Crippen LogP contribution in [0.3, 0.4) is 0 Å². The molecule has 4 nitrogen and oxygen atoms in total. The van der Waals surface area contributed by atoms with Crippen LogP contribution in [0.4, 0.5) is 0 Å². The number of hydrogen-bond acceptors (Lipinski definition) is 4. The molecule has 0 bridgehead atoms. The number of nitrogens with zero attached hydrogens (tertiary/aromatic N) is 1. The standard InChI is InChI=1S/C13H17NO3S/c14-9-6-12-18(15,16)11-5-4-10-17-13-7-2-1-3-8-13/h1-3,7-8H,4-6,10-12H2. The molecule has 0 aliphatic carbocycles. The first kappa shape index (κ1) is 14.5. The van der Waals surface area contributed by atoms with E-state index in [2.05, 4.69) is 0 Å². The zero-order chi connectivity index (χ0) is 13.3. The molecule has 0 spiro atoms. The summed E-state index contributed by atoms with van der Waals surface area (Å²) in [4.78, 5) is 0. The largest absolute Gasteiger partial charge is 0.494 e. The first-order valence-electron chi connectivity index (χ1n) is 5.89. The Bertz CT molecular complexity index is 477. The quantitative estimate of drug-likeness (QED) is 0.677. The van der Waals surface area contributed by atoms with Crippen molar-refractivity contribution in [2.24, 2.45) is 0 Å². The second kappa shape index (κ2) is 7.72. The lowest BCUT2D eigenvalue weighted by Crippen LogP contribution is -2.11. The predicted molar refractivity (Wildman–Crippen MR) is 70.1 cm³/mol. The van der Waals surface area contributed by atoms with Crippen LogP contribution in [0.25, 0.3) is 0 Å². The van der Waals surface area contributed by atoms with Crippen LogP contribution in [0, 0.1) is 11.3 Å². The third-order valence-corrected chi connectivity index (χ3v) is 4.12. The van der Waals surface area contributed by atoms with Gasteiger partial charge in [-0.25, -0.2) is 8.42 Å². The normalized spacial score (nSPS) is 10.8. The molecule has 5 heteroatoms. The Morgan fingerprint density at radius 1 is 1.11 bits per heavy atom. The summed E-state index contributed by atoms with van der Waals surface area (Å²) >= 11 is 0. The summed E-state index contributed by atoms with van der Waals surface area (Å²) < 4.78 is 28.3. The van der Waals surface area contributed by atoms with Gasteiger partial charge in [0.15, 0.2) is 9.84 Å². The molecule has 0 aliphatic heterocycles. The number of sulfone groups is 1. The molecule has 0 amide bonds. The van der Waals surface area contributed by atoms with Crippen LogP contribution in [0.15, 0.2) is 30.3 Å². The Balaban J connectivity index is 2.14. The van der Waals surface area contributed by atoms with E-state index in [0.717, 1.165) is 5.75 Å². The van der Waals surface area contributed by atoms with E-state index in [0.29, 0.717) is 19.4 Å². The van der Waals surface area contributed by atoms with E-state index < -0.39 is 9.84 Å². The Labute approximate surface area is 108 Å². The molecule has 0 aromatic heterocycles. The van der Waals surface area contributed by atoms with Gasteiger partial charge in [0.2, 0.25) is 0 Å². The van der Waals surface area contributed by atoms with Crippen LogP contribution < -0.4 is 4.74 Å². The molecular weight excluding hydrogens is 250 g/mol. The monoisotopic (exact) mass is 267 g/mol. The fraction of sp³-hybridized carbons (Fsp3) is 0.462. The lowest BCUT2D eigenvalue weighted by Gasteiger charge is -2.05. The predicted octanol–water partition coefficient (Wildman–Crippen LogP) is 2.17. The molecule has 0 heterocycles. The number of para-hydroxylation sites is 1. The molecule has 18 heavy (non-hydrogen) atoms. The zero-order valence-electron chi connectivity index (χ0n) is 10.2. The fourth-order valence-corrected chi connectivity index (χ4v) is 2.68. The van der Waals surface area contributed by atoms with Crippen molar-refractivity contribution in [3.63, 3.8) is 0 Å². The maximum Gasteiger partial charge on any atom is 0.151 e. The highest BCUT2D eigenvalue weighted by Gasteiger charge is 2.09. The number of hydrogen-bond donors (Lipinski definition) is 0. The Kier molecular flexibility index (Phi) is 6.23. The van der Waals surface area contributed by atoms with E-state index in [1.54, 1.807) is 0 Å². The average Bonchev–Trinajstić information content (AvgIpc) is 2.37. The van der Waals surface area contributed by atoms with Crippen molar-refractivity contribution >= 4 is 9.84 Å². The van der Waals surface area contributed by atoms with E-state index >= 15 is 0 Å². The third kappa shape index (κ3) is 6.26. The lowest BCUT2D eigenvalue weighted by atomic mass is 10.3.